The number of fused-ring (bicyclic) bond motifs is 2. The van der Waals surface area contributed by atoms with Gasteiger partial charge in [0.25, 0.3) is 0 Å². The van der Waals surface area contributed by atoms with Crippen LogP contribution >= 0.6 is 0 Å². The van der Waals surface area contributed by atoms with E-state index >= 15 is 8.78 Å². The van der Waals surface area contributed by atoms with E-state index in [2.05, 4.69) is 5.32 Å². The van der Waals surface area contributed by atoms with E-state index in [4.69, 9.17) is 19.9 Å². The average Bonchev–Trinajstić information content (AvgIpc) is 4.16. The highest BCUT2D eigenvalue weighted by atomic mass is 19.1. The number of benzene rings is 2. The predicted molar refractivity (Wildman–Crippen MR) is 224 cm³/mol. The first kappa shape index (κ1) is 45.0. The number of methoxy groups -OCH3 is 2. The van der Waals surface area contributed by atoms with Crippen molar-refractivity contribution in [2.45, 2.75) is 76.2 Å². The Balaban J connectivity index is 0.000000193. The Bertz CT molecular complexity index is 2610. The zero-order chi connectivity index (χ0) is 45.8. The molecule has 0 unspecified atom stereocenters. The zero-order valence-corrected chi connectivity index (χ0v) is 35.4. The van der Waals surface area contributed by atoms with Gasteiger partial charge in [-0.2, -0.15) is 0 Å². The number of carboxylic acid groups (broad SMARTS) is 2. The maximum atomic E-state index is 15.5. The van der Waals surface area contributed by atoms with E-state index in [1.54, 1.807) is 39.7 Å². The fourth-order valence-corrected chi connectivity index (χ4v) is 8.52. The number of rotatable bonds is 11. The molecule has 0 spiro atoms. The zero-order valence-electron chi connectivity index (χ0n) is 35.4. The summed E-state index contributed by atoms with van der Waals surface area (Å²) in [4.78, 5) is 64.1. The number of hydrogen-bond donors (Lipinski definition) is 4. The van der Waals surface area contributed by atoms with Crippen molar-refractivity contribution < 1.29 is 56.4 Å². The molecule has 20 heteroatoms. The predicted octanol–water partition coefficient (Wildman–Crippen LogP) is 5.40. The third-order valence-corrected chi connectivity index (χ3v) is 11.8. The van der Waals surface area contributed by atoms with Crippen LogP contribution in [0.2, 0.25) is 0 Å². The Hall–Kier alpha value is -6.05. The lowest BCUT2D eigenvalue weighted by atomic mass is 10.1. The van der Waals surface area contributed by atoms with Crippen LogP contribution in [0, 0.1) is 23.5 Å². The van der Waals surface area contributed by atoms with E-state index in [9.17, 15) is 43.0 Å². The number of amides is 1. The summed E-state index contributed by atoms with van der Waals surface area (Å²) in [6.07, 6.45) is 5.09. The molecular formula is C43H50F4N6O10. The Kier molecular flexibility index (Phi) is 12.3. The van der Waals surface area contributed by atoms with Gasteiger partial charge in [-0.15, -0.1) is 0 Å². The van der Waals surface area contributed by atoms with Crippen molar-refractivity contribution in [3.8, 4) is 11.5 Å². The molecule has 2 aromatic carbocycles. The summed E-state index contributed by atoms with van der Waals surface area (Å²) in [6, 6.07) is 0.962. The van der Waals surface area contributed by atoms with Crippen LogP contribution in [0.3, 0.4) is 0 Å². The minimum absolute atomic E-state index is 0.0211. The van der Waals surface area contributed by atoms with Gasteiger partial charge in [0.05, 0.1) is 55.4 Å². The van der Waals surface area contributed by atoms with Crippen molar-refractivity contribution in [3.63, 3.8) is 0 Å². The number of nitrogens with zero attached hydrogens (tertiary/aromatic N) is 4. The molecule has 63 heavy (non-hydrogen) atoms. The van der Waals surface area contributed by atoms with E-state index in [0.717, 1.165) is 37.8 Å². The molecule has 2 saturated carbocycles. The number of nitrogens with one attached hydrogen (secondary N) is 1. The summed E-state index contributed by atoms with van der Waals surface area (Å²) in [5.74, 6) is -5.11. The van der Waals surface area contributed by atoms with Gasteiger partial charge in [-0.1, -0.05) is 0 Å². The Morgan fingerprint density at radius 1 is 0.746 bits per heavy atom. The first-order valence-electron chi connectivity index (χ1n) is 20.6. The van der Waals surface area contributed by atoms with Crippen LogP contribution in [0.5, 0.6) is 11.5 Å². The Labute approximate surface area is 358 Å². The van der Waals surface area contributed by atoms with E-state index in [1.165, 1.54) is 26.6 Å². The summed E-state index contributed by atoms with van der Waals surface area (Å²) in [5.41, 5.74) is 3.62. The number of alkyl halides is 2. The molecule has 2 aromatic heterocycles. The molecular weight excluding hydrogens is 836 g/mol. The molecule has 2 saturated heterocycles. The van der Waals surface area contributed by atoms with Crippen molar-refractivity contribution in [1.29, 1.82) is 0 Å². The van der Waals surface area contributed by atoms with Crippen LogP contribution < -0.4 is 41.2 Å². The second-order valence-electron chi connectivity index (χ2n) is 17.5. The minimum Gasteiger partial charge on any atom is -0.492 e. The highest BCUT2D eigenvalue weighted by Crippen LogP contribution is 2.46. The summed E-state index contributed by atoms with van der Waals surface area (Å²) in [7, 11) is 2.71. The summed E-state index contributed by atoms with van der Waals surface area (Å²) < 4.78 is 77.4. The Morgan fingerprint density at radius 2 is 1.17 bits per heavy atom. The number of carbonyl (C=O) groups excluding carboxylic acids is 1. The van der Waals surface area contributed by atoms with Crippen molar-refractivity contribution in [2.75, 3.05) is 63.5 Å². The monoisotopic (exact) mass is 886 g/mol. The fraction of sp³-hybridized carbons (Fsp3) is 0.512. The number of pyridine rings is 2. The molecule has 4 fully saturated rings. The van der Waals surface area contributed by atoms with Crippen LogP contribution in [0.25, 0.3) is 21.8 Å². The van der Waals surface area contributed by atoms with Gasteiger partial charge in [-0.05, 0) is 58.6 Å². The van der Waals surface area contributed by atoms with Gasteiger partial charge >= 0.3 is 18.0 Å². The maximum Gasteiger partial charge on any atom is 0.407 e. The lowest BCUT2D eigenvalue weighted by Crippen LogP contribution is -2.43. The SMILES string of the molecule is COc1c(N2C[C@H](CF)[C@H](N)C2)c(F)cc2c(=O)c(C(=O)O)cn(C3CC3)c12.COc1c(N2C[C@H](CF)[C@H](NC(=O)OC(C)(C)C)C2)c(F)cc2c(=O)c(C(=O)O)cn(C3CC3)c12. The van der Waals surface area contributed by atoms with E-state index in [1.807, 2.05) is 0 Å². The van der Waals surface area contributed by atoms with Gasteiger partial charge in [0.1, 0.15) is 28.1 Å². The van der Waals surface area contributed by atoms with E-state index in [0.29, 0.717) is 11.0 Å². The third-order valence-electron chi connectivity index (χ3n) is 11.8. The maximum absolute atomic E-state index is 15.5. The molecule has 2 aliphatic heterocycles. The van der Waals surface area contributed by atoms with Crippen molar-refractivity contribution in [2.24, 2.45) is 17.6 Å². The number of ether oxygens (including phenoxy) is 3. The van der Waals surface area contributed by atoms with Crippen molar-refractivity contribution >= 4 is 51.2 Å². The second kappa shape index (κ2) is 17.3. The largest absolute Gasteiger partial charge is 0.492 e. The van der Waals surface area contributed by atoms with Gasteiger partial charge in [-0.3, -0.25) is 18.4 Å². The molecule has 0 bridgehead atoms. The van der Waals surface area contributed by atoms with Crippen molar-refractivity contribution in [3.05, 3.63) is 67.7 Å². The first-order chi connectivity index (χ1) is 29.8. The molecule has 4 aromatic rings. The smallest absolute Gasteiger partial charge is 0.407 e. The molecule has 8 rings (SSSR count). The lowest BCUT2D eigenvalue weighted by molar-refractivity contribution is 0.0493. The topological polar surface area (TPSA) is 208 Å². The summed E-state index contributed by atoms with van der Waals surface area (Å²) >= 11 is 0. The van der Waals surface area contributed by atoms with Crippen LogP contribution in [-0.4, -0.2) is 109 Å². The van der Waals surface area contributed by atoms with Gasteiger partial charge in [0.15, 0.2) is 23.1 Å². The number of carboxylic acids is 2. The number of nitrogens with two attached hydrogens (primary N) is 1. The number of aromatic carboxylic acids is 2. The standard InChI is InChI=1S/C24H29F2N3O6.C19H21F2N3O4/c1-24(2,3)35-23(33)27-17-11-28(9-12(17)8-25)19-16(26)7-14-18(21(19)34-4)29(13-5-6-13)10-15(20(14)30)22(31)32;1-28-18-15-11(17(25)12(19(26)27)7-24(15)10-2-3-10)4-13(21)16(18)23-6-9(5-20)14(22)8-23/h7,10,12-13,17H,5-6,8-9,11H2,1-4H3,(H,27,33)(H,31,32);4,7,9-10,14H,2-3,5-6,8,22H2,1H3,(H,26,27)/t12-,17+;9-,14+/m00/s1. The molecule has 4 heterocycles. The molecule has 4 atom stereocenters. The highest BCUT2D eigenvalue weighted by Gasteiger charge is 2.40. The van der Waals surface area contributed by atoms with Crippen molar-refractivity contribution in [1.82, 2.24) is 14.5 Å². The molecule has 16 nitrogen and oxygen atoms in total. The fourth-order valence-electron chi connectivity index (χ4n) is 8.52. The lowest BCUT2D eigenvalue weighted by Gasteiger charge is -2.25. The molecule has 340 valence electrons. The first-order valence-corrected chi connectivity index (χ1v) is 20.6. The van der Waals surface area contributed by atoms with Crippen LogP contribution in [0.1, 0.15) is 79.3 Å². The molecule has 2 aliphatic carbocycles. The van der Waals surface area contributed by atoms with Gasteiger partial charge < -0.3 is 54.4 Å². The summed E-state index contributed by atoms with van der Waals surface area (Å²) in [5, 5.41) is 21.4. The third kappa shape index (κ3) is 8.68. The number of carbonyl (C=O) groups is 3. The average molecular weight is 887 g/mol. The highest BCUT2D eigenvalue weighted by molar-refractivity contribution is 5.98. The quantitative estimate of drug-likeness (QED) is 0.140. The minimum atomic E-state index is -1.39. The number of anilines is 2. The summed E-state index contributed by atoms with van der Waals surface area (Å²) in [6.45, 7) is 4.46. The van der Waals surface area contributed by atoms with Crippen LogP contribution in [0.4, 0.5) is 33.7 Å². The molecule has 4 aliphatic rings. The number of aromatic nitrogens is 2. The second-order valence-corrected chi connectivity index (χ2v) is 17.5. The van der Waals surface area contributed by atoms with Crippen LogP contribution in [-0.2, 0) is 4.74 Å². The number of alkyl carbamates (subject to hydrolysis) is 1. The Morgan fingerprint density at radius 3 is 1.54 bits per heavy atom. The number of hydrogen-bond acceptors (Lipinski definition) is 11. The number of halogens is 4. The van der Waals surface area contributed by atoms with E-state index < -0.39 is 94.5 Å². The molecule has 0 radical (unpaired) electrons. The van der Waals surface area contributed by atoms with E-state index in [-0.39, 0.29) is 71.9 Å². The van der Waals surface area contributed by atoms with Crippen LogP contribution in [0.15, 0.2) is 34.1 Å². The van der Waals surface area contributed by atoms with Gasteiger partial charge in [-0.25, -0.2) is 23.2 Å². The molecule has 5 N–H and O–H groups in total. The van der Waals surface area contributed by atoms with Gasteiger partial charge in [0.2, 0.25) is 10.9 Å². The normalized spacial score (nSPS) is 21.0. The van der Waals surface area contributed by atoms with Gasteiger partial charge in [0, 0.05) is 68.5 Å². The molecule has 1 amide bonds.